The summed E-state index contributed by atoms with van der Waals surface area (Å²) in [5, 5.41) is 3.62. The lowest BCUT2D eigenvalue weighted by Crippen LogP contribution is -2.50. The van der Waals surface area contributed by atoms with Gasteiger partial charge in [0.2, 0.25) is 5.95 Å². The smallest absolute Gasteiger partial charge is 0.260 e. The first kappa shape index (κ1) is 23.7. The van der Waals surface area contributed by atoms with Crippen LogP contribution in [0.25, 0.3) is 22.3 Å². The predicted octanol–water partition coefficient (Wildman–Crippen LogP) is 4.25. The van der Waals surface area contributed by atoms with Gasteiger partial charge in [0, 0.05) is 43.8 Å². The number of halogens is 2. The Morgan fingerprint density at radius 3 is 2.39 bits per heavy atom. The molecule has 36 heavy (non-hydrogen) atoms. The van der Waals surface area contributed by atoms with Crippen LogP contribution in [-0.2, 0) is 4.79 Å². The lowest BCUT2D eigenvalue weighted by molar-refractivity contribution is -0.133. The Labute approximate surface area is 212 Å². The Bertz CT molecular complexity index is 1380. The second-order valence-electron chi connectivity index (χ2n) is 8.30. The predicted molar refractivity (Wildman–Crippen MR) is 138 cm³/mol. The number of amides is 1. The fraction of sp³-hybridized carbons (Fsp3) is 0.231. The molecule has 0 unspecified atom stereocenters. The van der Waals surface area contributed by atoms with E-state index in [0.717, 1.165) is 5.56 Å². The molecule has 0 aliphatic carbocycles. The Kier molecular flexibility index (Phi) is 6.81. The molecule has 1 fully saturated rings. The van der Waals surface area contributed by atoms with Gasteiger partial charge in [0.25, 0.3) is 5.91 Å². The molecule has 2 aromatic heterocycles. The highest BCUT2D eigenvalue weighted by Crippen LogP contribution is 2.28. The zero-order valence-electron chi connectivity index (χ0n) is 19.6. The SMILES string of the molecule is CNc1nc(N2CCN(C(=O)COc3ccc(Cl)cc3)CC2)c2nc(-c3ccc(F)cc3)ccc2n1. The van der Waals surface area contributed by atoms with Crippen LogP contribution >= 0.6 is 11.6 Å². The number of nitrogens with one attached hydrogen (secondary N) is 1. The van der Waals surface area contributed by atoms with E-state index in [4.69, 9.17) is 21.3 Å². The number of carbonyl (C=O) groups excluding carboxylic acids is 1. The van der Waals surface area contributed by atoms with E-state index in [1.54, 1.807) is 48.3 Å². The van der Waals surface area contributed by atoms with Crippen molar-refractivity contribution in [3.63, 3.8) is 0 Å². The van der Waals surface area contributed by atoms with Gasteiger partial charge in [-0.05, 0) is 60.7 Å². The van der Waals surface area contributed by atoms with Crippen molar-refractivity contribution in [2.24, 2.45) is 0 Å². The maximum absolute atomic E-state index is 13.4. The van der Waals surface area contributed by atoms with Gasteiger partial charge >= 0.3 is 0 Å². The lowest BCUT2D eigenvalue weighted by Gasteiger charge is -2.35. The van der Waals surface area contributed by atoms with Gasteiger partial charge in [-0.15, -0.1) is 0 Å². The first-order valence-electron chi connectivity index (χ1n) is 11.5. The van der Waals surface area contributed by atoms with Crippen LogP contribution < -0.4 is 15.0 Å². The Morgan fingerprint density at radius 1 is 0.972 bits per heavy atom. The highest BCUT2D eigenvalue weighted by atomic mass is 35.5. The number of benzene rings is 2. The van der Waals surface area contributed by atoms with Gasteiger partial charge in [-0.25, -0.2) is 14.4 Å². The van der Waals surface area contributed by atoms with Gasteiger partial charge in [0.1, 0.15) is 17.1 Å². The van der Waals surface area contributed by atoms with Crippen molar-refractivity contribution in [2.45, 2.75) is 0 Å². The fourth-order valence-corrected chi connectivity index (χ4v) is 4.17. The number of carbonyl (C=O) groups is 1. The summed E-state index contributed by atoms with van der Waals surface area (Å²) in [6, 6.07) is 16.9. The summed E-state index contributed by atoms with van der Waals surface area (Å²) in [5.41, 5.74) is 2.86. The molecule has 8 nitrogen and oxygen atoms in total. The number of hydrogen-bond acceptors (Lipinski definition) is 7. The van der Waals surface area contributed by atoms with E-state index in [2.05, 4.69) is 20.2 Å². The van der Waals surface area contributed by atoms with Crippen LogP contribution in [0.4, 0.5) is 16.2 Å². The molecule has 0 bridgehead atoms. The Morgan fingerprint density at radius 2 is 1.69 bits per heavy atom. The monoisotopic (exact) mass is 506 g/mol. The summed E-state index contributed by atoms with van der Waals surface area (Å²) in [5.74, 6) is 1.40. The van der Waals surface area contributed by atoms with Crippen molar-refractivity contribution in [1.82, 2.24) is 19.9 Å². The third-order valence-corrected chi connectivity index (χ3v) is 6.25. The molecular formula is C26H24ClFN6O2. The molecule has 0 saturated carbocycles. The van der Waals surface area contributed by atoms with Crippen molar-refractivity contribution in [2.75, 3.05) is 50.1 Å². The third kappa shape index (κ3) is 5.16. The van der Waals surface area contributed by atoms with E-state index in [0.29, 0.717) is 65.4 Å². The zero-order valence-corrected chi connectivity index (χ0v) is 20.4. The van der Waals surface area contributed by atoms with Crippen molar-refractivity contribution in [3.05, 3.63) is 71.5 Å². The quantitative estimate of drug-likeness (QED) is 0.418. The number of aromatic nitrogens is 3. The molecule has 1 amide bonds. The van der Waals surface area contributed by atoms with E-state index in [1.165, 1.54) is 12.1 Å². The number of ether oxygens (including phenoxy) is 1. The molecule has 0 spiro atoms. The third-order valence-electron chi connectivity index (χ3n) is 6.00. The highest BCUT2D eigenvalue weighted by Gasteiger charge is 2.25. The van der Waals surface area contributed by atoms with Gasteiger partial charge < -0.3 is 19.9 Å². The number of hydrogen-bond donors (Lipinski definition) is 1. The molecule has 3 heterocycles. The summed E-state index contributed by atoms with van der Waals surface area (Å²) in [7, 11) is 1.77. The average Bonchev–Trinajstić information content (AvgIpc) is 2.92. The maximum atomic E-state index is 13.4. The fourth-order valence-electron chi connectivity index (χ4n) is 4.05. The second kappa shape index (κ2) is 10.3. The minimum absolute atomic E-state index is 0.0371. The minimum Gasteiger partial charge on any atom is -0.484 e. The topological polar surface area (TPSA) is 83.5 Å². The van der Waals surface area contributed by atoms with E-state index in [9.17, 15) is 9.18 Å². The number of pyridine rings is 1. The zero-order chi connectivity index (χ0) is 25.1. The summed E-state index contributed by atoms with van der Waals surface area (Å²) in [6.07, 6.45) is 0. The molecule has 0 atom stereocenters. The van der Waals surface area contributed by atoms with E-state index >= 15 is 0 Å². The molecule has 5 rings (SSSR count). The van der Waals surface area contributed by atoms with Crippen LogP contribution in [0.2, 0.25) is 5.02 Å². The largest absolute Gasteiger partial charge is 0.484 e. The molecule has 10 heteroatoms. The number of rotatable bonds is 6. The average molecular weight is 507 g/mol. The minimum atomic E-state index is -0.298. The van der Waals surface area contributed by atoms with E-state index in [1.807, 2.05) is 12.1 Å². The van der Waals surface area contributed by atoms with Gasteiger partial charge in [-0.2, -0.15) is 4.98 Å². The maximum Gasteiger partial charge on any atom is 0.260 e. The van der Waals surface area contributed by atoms with Gasteiger partial charge in [0.15, 0.2) is 12.4 Å². The normalized spacial score (nSPS) is 13.6. The molecular weight excluding hydrogens is 483 g/mol. The molecule has 2 aromatic carbocycles. The Hall–Kier alpha value is -3.98. The molecule has 4 aromatic rings. The van der Waals surface area contributed by atoms with Crippen molar-refractivity contribution < 1.29 is 13.9 Å². The molecule has 1 aliphatic rings. The standard InChI is InChI=1S/C26H24ClFN6O2/c1-29-26-31-22-11-10-21(17-2-6-19(28)7-3-17)30-24(22)25(32-26)34-14-12-33(13-15-34)23(35)16-36-20-8-4-18(27)5-9-20/h2-11H,12-16H2,1H3,(H,29,31,32). The molecule has 0 radical (unpaired) electrons. The van der Waals surface area contributed by atoms with E-state index < -0.39 is 0 Å². The summed E-state index contributed by atoms with van der Waals surface area (Å²) >= 11 is 5.89. The molecule has 1 saturated heterocycles. The number of nitrogens with zero attached hydrogens (tertiary/aromatic N) is 5. The van der Waals surface area contributed by atoms with Crippen LogP contribution in [0.3, 0.4) is 0 Å². The van der Waals surface area contributed by atoms with Gasteiger partial charge in [-0.1, -0.05) is 11.6 Å². The van der Waals surface area contributed by atoms with Crippen molar-refractivity contribution >= 4 is 40.3 Å². The van der Waals surface area contributed by atoms with Crippen LogP contribution in [0, 0.1) is 5.82 Å². The van der Waals surface area contributed by atoms with Gasteiger partial charge in [-0.3, -0.25) is 4.79 Å². The lowest BCUT2D eigenvalue weighted by atomic mass is 10.1. The summed E-state index contributed by atoms with van der Waals surface area (Å²) in [6.45, 7) is 2.20. The number of fused-ring (bicyclic) bond motifs is 1. The van der Waals surface area contributed by atoms with E-state index in [-0.39, 0.29) is 18.3 Å². The Balaban J connectivity index is 1.32. The van der Waals surface area contributed by atoms with Crippen LogP contribution in [0.1, 0.15) is 0 Å². The van der Waals surface area contributed by atoms with Crippen LogP contribution in [0.5, 0.6) is 5.75 Å². The summed E-state index contributed by atoms with van der Waals surface area (Å²) < 4.78 is 19.0. The molecule has 1 aliphatic heterocycles. The number of piperazine rings is 1. The summed E-state index contributed by atoms with van der Waals surface area (Å²) in [4.78, 5) is 30.6. The van der Waals surface area contributed by atoms with Gasteiger partial charge in [0.05, 0.1) is 11.2 Å². The highest BCUT2D eigenvalue weighted by molar-refractivity contribution is 6.30. The van der Waals surface area contributed by atoms with Crippen LogP contribution in [0.15, 0.2) is 60.7 Å². The van der Waals surface area contributed by atoms with Crippen LogP contribution in [-0.4, -0.2) is 65.6 Å². The first-order valence-corrected chi connectivity index (χ1v) is 11.9. The van der Waals surface area contributed by atoms with Crippen molar-refractivity contribution in [3.8, 4) is 17.0 Å². The van der Waals surface area contributed by atoms with Crippen molar-refractivity contribution in [1.29, 1.82) is 0 Å². The molecule has 1 N–H and O–H groups in total. The second-order valence-corrected chi connectivity index (χ2v) is 8.74. The molecule has 184 valence electrons. The number of anilines is 2. The first-order chi connectivity index (χ1) is 17.5.